The van der Waals surface area contributed by atoms with E-state index in [4.69, 9.17) is 28.3 Å². The number of aromatic carboxylic acids is 1. The number of hydrogen-bond acceptors (Lipinski definition) is 3. The summed E-state index contributed by atoms with van der Waals surface area (Å²) in [6.45, 7) is 0. The quantitative estimate of drug-likeness (QED) is 0.754. The van der Waals surface area contributed by atoms with Crippen LogP contribution in [0.3, 0.4) is 0 Å². The standard InChI is InChI=1S/C15H9Cl2N3O2/c16-11-6-5-10(7-12(11)17)8-1-3-9(4-2-8)13-14(15(21)22)19-20-18-13/h1-7H,(H,21,22)(H,18,19,20). The van der Waals surface area contributed by atoms with Gasteiger partial charge in [-0.25, -0.2) is 4.79 Å². The van der Waals surface area contributed by atoms with Gasteiger partial charge in [-0.05, 0) is 23.3 Å². The second-order valence-corrected chi connectivity index (χ2v) is 5.36. The number of nitrogens with zero attached hydrogens (tertiary/aromatic N) is 2. The maximum atomic E-state index is 11.1. The molecule has 0 fully saturated rings. The molecular formula is C15H9Cl2N3O2. The van der Waals surface area contributed by atoms with Crippen molar-refractivity contribution in [2.75, 3.05) is 0 Å². The van der Waals surface area contributed by atoms with Crippen LogP contribution in [0.5, 0.6) is 0 Å². The topological polar surface area (TPSA) is 78.9 Å². The molecule has 1 heterocycles. The normalized spacial score (nSPS) is 10.6. The van der Waals surface area contributed by atoms with Gasteiger partial charge >= 0.3 is 5.97 Å². The monoisotopic (exact) mass is 333 g/mol. The highest BCUT2D eigenvalue weighted by Gasteiger charge is 2.15. The van der Waals surface area contributed by atoms with E-state index >= 15 is 0 Å². The SMILES string of the molecule is O=C(O)c1[nH]nnc1-c1ccc(-c2ccc(Cl)c(Cl)c2)cc1. The Morgan fingerprint density at radius 2 is 1.59 bits per heavy atom. The Kier molecular flexibility index (Phi) is 3.83. The average Bonchev–Trinajstić information content (AvgIpc) is 3.00. The molecule has 0 aliphatic heterocycles. The molecule has 0 radical (unpaired) electrons. The van der Waals surface area contributed by atoms with Crippen molar-refractivity contribution < 1.29 is 9.90 Å². The van der Waals surface area contributed by atoms with Crippen molar-refractivity contribution in [1.82, 2.24) is 15.4 Å². The highest BCUT2D eigenvalue weighted by Crippen LogP contribution is 2.30. The second-order valence-electron chi connectivity index (χ2n) is 4.55. The number of aromatic nitrogens is 3. The zero-order valence-corrected chi connectivity index (χ0v) is 12.6. The number of carboxylic acids is 1. The van der Waals surface area contributed by atoms with Crippen LogP contribution in [-0.4, -0.2) is 26.5 Å². The molecule has 7 heteroatoms. The Hall–Kier alpha value is -2.37. The lowest BCUT2D eigenvalue weighted by molar-refractivity contribution is 0.0691. The smallest absolute Gasteiger partial charge is 0.356 e. The minimum Gasteiger partial charge on any atom is -0.476 e. The van der Waals surface area contributed by atoms with Crippen molar-refractivity contribution in [3.63, 3.8) is 0 Å². The molecule has 0 saturated heterocycles. The van der Waals surface area contributed by atoms with Gasteiger partial charge in [-0.3, -0.25) is 5.10 Å². The number of H-pyrrole nitrogens is 1. The van der Waals surface area contributed by atoms with Crippen molar-refractivity contribution >= 4 is 29.2 Å². The van der Waals surface area contributed by atoms with Crippen LogP contribution in [0.25, 0.3) is 22.4 Å². The van der Waals surface area contributed by atoms with E-state index in [2.05, 4.69) is 15.4 Å². The van der Waals surface area contributed by atoms with Crippen LogP contribution in [0, 0.1) is 0 Å². The van der Waals surface area contributed by atoms with Crippen LogP contribution in [0.2, 0.25) is 10.0 Å². The lowest BCUT2D eigenvalue weighted by atomic mass is 10.0. The third-order valence-corrected chi connectivity index (χ3v) is 3.91. The number of rotatable bonds is 3. The maximum Gasteiger partial charge on any atom is 0.356 e. The number of carboxylic acid groups (broad SMARTS) is 1. The fourth-order valence-corrected chi connectivity index (χ4v) is 2.37. The molecule has 22 heavy (non-hydrogen) atoms. The lowest BCUT2D eigenvalue weighted by Gasteiger charge is -2.05. The number of halogens is 2. The van der Waals surface area contributed by atoms with Crippen molar-refractivity contribution in [2.24, 2.45) is 0 Å². The van der Waals surface area contributed by atoms with Crippen LogP contribution in [0.1, 0.15) is 10.5 Å². The second kappa shape index (κ2) is 5.79. The van der Waals surface area contributed by atoms with Gasteiger partial charge in [0.2, 0.25) is 0 Å². The first-order valence-electron chi connectivity index (χ1n) is 6.26. The van der Waals surface area contributed by atoms with Gasteiger partial charge in [0, 0.05) is 5.56 Å². The van der Waals surface area contributed by atoms with Crippen LogP contribution in [0.15, 0.2) is 42.5 Å². The van der Waals surface area contributed by atoms with E-state index in [0.29, 0.717) is 21.3 Å². The van der Waals surface area contributed by atoms with Gasteiger partial charge in [0.15, 0.2) is 5.69 Å². The summed E-state index contributed by atoms with van der Waals surface area (Å²) in [5.41, 5.74) is 2.77. The summed E-state index contributed by atoms with van der Waals surface area (Å²) >= 11 is 11.9. The molecule has 110 valence electrons. The predicted octanol–water partition coefficient (Wildman–Crippen LogP) is 4.14. The number of hydrogen-bond donors (Lipinski definition) is 2. The highest BCUT2D eigenvalue weighted by atomic mass is 35.5. The molecule has 0 atom stereocenters. The van der Waals surface area contributed by atoms with Crippen molar-refractivity contribution in [1.29, 1.82) is 0 Å². The Balaban J connectivity index is 1.97. The van der Waals surface area contributed by atoms with Crippen LogP contribution in [-0.2, 0) is 0 Å². The Bertz CT molecular complexity index is 844. The molecular weight excluding hydrogens is 325 g/mol. The fourth-order valence-electron chi connectivity index (χ4n) is 2.08. The first-order chi connectivity index (χ1) is 10.6. The summed E-state index contributed by atoms with van der Waals surface area (Å²) < 4.78 is 0. The number of aromatic amines is 1. The molecule has 0 amide bonds. The van der Waals surface area contributed by atoms with Gasteiger partial charge in [-0.1, -0.05) is 58.7 Å². The highest BCUT2D eigenvalue weighted by molar-refractivity contribution is 6.42. The summed E-state index contributed by atoms with van der Waals surface area (Å²) in [7, 11) is 0. The van der Waals surface area contributed by atoms with E-state index in [0.717, 1.165) is 11.1 Å². The zero-order chi connectivity index (χ0) is 15.7. The summed E-state index contributed by atoms with van der Waals surface area (Å²) in [4.78, 5) is 11.1. The number of benzene rings is 2. The molecule has 2 N–H and O–H groups in total. The molecule has 3 rings (SSSR count). The third-order valence-electron chi connectivity index (χ3n) is 3.17. The van der Waals surface area contributed by atoms with Gasteiger partial charge in [0.1, 0.15) is 5.69 Å². The number of carbonyl (C=O) groups is 1. The first-order valence-corrected chi connectivity index (χ1v) is 7.02. The maximum absolute atomic E-state index is 11.1. The molecule has 5 nitrogen and oxygen atoms in total. The molecule has 0 aliphatic carbocycles. The van der Waals surface area contributed by atoms with E-state index in [1.165, 1.54) is 0 Å². The molecule has 0 spiro atoms. The number of nitrogens with one attached hydrogen (secondary N) is 1. The summed E-state index contributed by atoms with van der Waals surface area (Å²) in [5, 5.41) is 19.8. The van der Waals surface area contributed by atoms with E-state index in [1.54, 1.807) is 24.3 Å². The molecule has 3 aromatic rings. The summed E-state index contributed by atoms with van der Waals surface area (Å²) in [6.07, 6.45) is 0. The van der Waals surface area contributed by atoms with E-state index in [9.17, 15) is 4.79 Å². The van der Waals surface area contributed by atoms with Crippen LogP contribution < -0.4 is 0 Å². The van der Waals surface area contributed by atoms with Gasteiger partial charge in [0.05, 0.1) is 10.0 Å². The fraction of sp³-hybridized carbons (Fsp3) is 0. The van der Waals surface area contributed by atoms with Crippen LogP contribution >= 0.6 is 23.2 Å². The van der Waals surface area contributed by atoms with Crippen LogP contribution in [0.4, 0.5) is 0 Å². The summed E-state index contributed by atoms with van der Waals surface area (Å²) in [6, 6.07) is 12.6. The Labute approximate surface area is 135 Å². The minimum absolute atomic E-state index is 0.0395. The zero-order valence-electron chi connectivity index (χ0n) is 11.0. The van der Waals surface area contributed by atoms with Crippen molar-refractivity contribution in [2.45, 2.75) is 0 Å². The van der Waals surface area contributed by atoms with Gasteiger partial charge < -0.3 is 5.11 Å². The van der Waals surface area contributed by atoms with Gasteiger partial charge in [0.25, 0.3) is 0 Å². The van der Waals surface area contributed by atoms with Crippen molar-refractivity contribution in [3.8, 4) is 22.4 Å². The Morgan fingerprint density at radius 3 is 2.23 bits per heavy atom. The minimum atomic E-state index is -1.10. The largest absolute Gasteiger partial charge is 0.476 e. The predicted molar refractivity (Wildman–Crippen MR) is 84.2 cm³/mol. The molecule has 0 bridgehead atoms. The Morgan fingerprint density at radius 1 is 0.955 bits per heavy atom. The third kappa shape index (κ3) is 2.68. The summed E-state index contributed by atoms with van der Waals surface area (Å²) in [5.74, 6) is -1.10. The molecule has 0 unspecified atom stereocenters. The van der Waals surface area contributed by atoms with E-state index in [1.807, 2.05) is 18.2 Å². The van der Waals surface area contributed by atoms with E-state index < -0.39 is 5.97 Å². The van der Waals surface area contributed by atoms with Crippen molar-refractivity contribution in [3.05, 3.63) is 58.2 Å². The molecule has 0 aliphatic rings. The average molecular weight is 334 g/mol. The van der Waals surface area contributed by atoms with E-state index in [-0.39, 0.29) is 5.69 Å². The molecule has 0 saturated carbocycles. The molecule has 2 aromatic carbocycles. The van der Waals surface area contributed by atoms with Gasteiger partial charge in [-0.2, -0.15) is 0 Å². The first kappa shape index (κ1) is 14.6. The molecule has 1 aromatic heterocycles. The lowest BCUT2D eigenvalue weighted by Crippen LogP contribution is -1.99. The van der Waals surface area contributed by atoms with Gasteiger partial charge in [-0.15, -0.1) is 5.10 Å².